The maximum atomic E-state index is 11.3. The Bertz CT molecular complexity index is 431. The van der Waals surface area contributed by atoms with Crippen LogP contribution in [0.4, 0.5) is 0 Å². The van der Waals surface area contributed by atoms with Gasteiger partial charge in [0.25, 0.3) is 0 Å². The van der Waals surface area contributed by atoms with Crippen molar-refractivity contribution in [3.8, 4) is 5.75 Å². The lowest BCUT2D eigenvalue weighted by Crippen LogP contribution is -2.49. The molecule has 0 fully saturated rings. The Labute approximate surface area is 114 Å². The van der Waals surface area contributed by atoms with Gasteiger partial charge in [0, 0.05) is 6.42 Å². The van der Waals surface area contributed by atoms with Gasteiger partial charge in [0.2, 0.25) is 0 Å². The number of ether oxygens (including phenoxy) is 1. The first-order valence-corrected chi connectivity index (χ1v) is 6.65. The molecule has 1 atom stereocenters. The SMILES string of the molecule is CCCC(N)(Cc1cccc(OC(C)C)c1)C(=O)O. The summed E-state index contributed by atoms with van der Waals surface area (Å²) < 4.78 is 5.60. The average molecular weight is 265 g/mol. The predicted molar refractivity (Wildman–Crippen MR) is 75.4 cm³/mol. The highest BCUT2D eigenvalue weighted by Crippen LogP contribution is 2.21. The number of nitrogens with two attached hydrogens (primary N) is 1. The molecule has 0 aliphatic rings. The van der Waals surface area contributed by atoms with E-state index in [1.807, 2.05) is 45.0 Å². The lowest BCUT2D eigenvalue weighted by atomic mass is 9.87. The summed E-state index contributed by atoms with van der Waals surface area (Å²) in [5.41, 5.74) is 5.68. The van der Waals surface area contributed by atoms with Gasteiger partial charge in [-0.15, -0.1) is 0 Å². The predicted octanol–water partition coefficient (Wildman–Crippen LogP) is 2.60. The maximum Gasteiger partial charge on any atom is 0.324 e. The number of carboxylic acids is 1. The number of benzene rings is 1. The fourth-order valence-electron chi connectivity index (χ4n) is 2.08. The van der Waals surface area contributed by atoms with Crippen LogP contribution in [0.5, 0.6) is 5.75 Å². The smallest absolute Gasteiger partial charge is 0.324 e. The molecule has 0 heterocycles. The van der Waals surface area contributed by atoms with Gasteiger partial charge in [-0.1, -0.05) is 25.5 Å². The molecule has 0 radical (unpaired) electrons. The zero-order chi connectivity index (χ0) is 14.5. The van der Waals surface area contributed by atoms with Gasteiger partial charge in [-0.2, -0.15) is 0 Å². The topological polar surface area (TPSA) is 72.5 Å². The van der Waals surface area contributed by atoms with Crippen LogP contribution in [0, 0.1) is 0 Å². The Morgan fingerprint density at radius 1 is 1.47 bits per heavy atom. The molecule has 0 aliphatic heterocycles. The van der Waals surface area contributed by atoms with Crippen molar-refractivity contribution in [2.75, 3.05) is 0 Å². The lowest BCUT2D eigenvalue weighted by molar-refractivity contribution is -0.143. The van der Waals surface area contributed by atoms with Crippen LogP contribution >= 0.6 is 0 Å². The summed E-state index contributed by atoms with van der Waals surface area (Å²) in [5.74, 6) is -0.207. The van der Waals surface area contributed by atoms with Crippen molar-refractivity contribution in [3.05, 3.63) is 29.8 Å². The zero-order valence-corrected chi connectivity index (χ0v) is 11.8. The molecule has 4 heteroatoms. The molecule has 19 heavy (non-hydrogen) atoms. The fraction of sp³-hybridized carbons (Fsp3) is 0.533. The van der Waals surface area contributed by atoms with Gasteiger partial charge in [-0.25, -0.2) is 0 Å². The summed E-state index contributed by atoms with van der Waals surface area (Å²) in [4.78, 5) is 11.3. The van der Waals surface area contributed by atoms with E-state index in [0.717, 1.165) is 17.7 Å². The van der Waals surface area contributed by atoms with Crippen LogP contribution in [0.15, 0.2) is 24.3 Å². The zero-order valence-electron chi connectivity index (χ0n) is 11.8. The fourth-order valence-corrected chi connectivity index (χ4v) is 2.08. The molecule has 4 nitrogen and oxygen atoms in total. The average Bonchev–Trinajstić information content (AvgIpc) is 2.28. The first-order valence-electron chi connectivity index (χ1n) is 6.65. The van der Waals surface area contributed by atoms with Crippen molar-refractivity contribution in [2.24, 2.45) is 5.73 Å². The summed E-state index contributed by atoms with van der Waals surface area (Å²) in [6, 6.07) is 7.47. The van der Waals surface area contributed by atoms with E-state index < -0.39 is 11.5 Å². The summed E-state index contributed by atoms with van der Waals surface area (Å²) in [6.07, 6.45) is 1.60. The van der Waals surface area contributed by atoms with Crippen molar-refractivity contribution < 1.29 is 14.6 Å². The van der Waals surface area contributed by atoms with E-state index in [-0.39, 0.29) is 6.10 Å². The van der Waals surface area contributed by atoms with Crippen LogP contribution in [0.2, 0.25) is 0 Å². The van der Waals surface area contributed by atoms with E-state index in [2.05, 4.69) is 0 Å². The number of carbonyl (C=O) groups is 1. The second-order valence-corrected chi connectivity index (χ2v) is 5.20. The Balaban J connectivity index is 2.88. The van der Waals surface area contributed by atoms with Crippen LogP contribution in [-0.4, -0.2) is 22.7 Å². The standard InChI is InChI=1S/C15H23NO3/c1-4-8-15(16,14(17)18)10-12-6-5-7-13(9-12)19-11(2)3/h5-7,9,11H,4,8,10,16H2,1-3H3,(H,17,18). The molecule has 0 aliphatic carbocycles. The Hall–Kier alpha value is -1.55. The minimum Gasteiger partial charge on any atom is -0.491 e. The largest absolute Gasteiger partial charge is 0.491 e. The van der Waals surface area contributed by atoms with Crippen LogP contribution in [-0.2, 0) is 11.2 Å². The molecule has 1 unspecified atom stereocenters. The molecule has 3 N–H and O–H groups in total. The minimum absolute atomic E-state index is 0.0907. The Kier molecular flexibility index (Phi) is 5.36. The van der Waals surface area contributed by atoms with Gasteiger partial charge < -0.3 is 15.6 Å². The van der Waals surface area contributed by atoms with E-state index in [0.29, 0.717) is 12.8 Å². The van der Waals surface area contributed by atoms with E-state index >= 15 is 0 Å². The Morgan fingerprint density at radius 2 is 2.16 bits per heavy atom. The highest BCUT2D eigenvalue weighted by molar-refractivity contribution is 5.78. The summed E-state index contributed by atoms with van der Waals surface area (Å²) in [7, 11) is 0. The van der Waals surface area contributed by atoms with Gasteiger partial charge in [0.15, 0.2) is 0 Å². The van der Waals surface area contributed by atoms with Crippen LogP contribution in [0.25, 0.3) is 0 Å². The van der Waals surface area contributed by atoms with Crippen molar-refractivity contribution in [3.63, 3.8) is 0 Å². The first kappa shape index (κ1) is 15.5. The highest BCUT2D eigenvalue weighted by atomic mass is 16.5. The van der Waals surface area contributed by atoms with Crippen LogP contribution in [0.3, 0.4) is 0 Å². The normalized spacial score (nSPS) is 14.2. The van der Waals surface area contributed by atoms with Gasteiger partial charge in [0.1, 0.15) is 11.3 Å². The van der Waals surface area contributed by atoms with E-state index in [1.54, 1.807) is 0 Å². The quantitative estimate of drug-likeness (QED) is 0.794. The molecule has 0 aromatic heterocycles. The number of rotatable bonds is 7. The van der Waals surface area contributed by atoms with Crippen molar-refractivity contribution >= 4 is 5.97 Å². The third kappa shape index (κ3) is 4.56. The molecule has 0 spiro atoms. The first-order chi connectivity index (χ1) is 8.87. The number of aliphatic carboxylic acids is 1. The molecule has 106 valence electrons. The lowest BCUT2D eigenvalue weighted by Gasteiger charge is -2.24. The third-order valence-electron chi connectivity index (χ3n) is 2.91. The van der Waals surface area contributed by atoms with Gasteiger partial charge in [0.05, 0.1) is 6.10 Å². The third-order valence-corrected chi connectivity index (χ3v) is 2.91. The molecular formula is C15H23NO3. The molecule has 0 bridgehead atoms. The van der Waals surface area contributed by atoms with Gasteiger partial charge in [-0.3, -0.25) is 4.79 Å². The van der Waals surface area contributed by atoms with E-state index in [9.17, 15) is 9.90 Å². The summed E-state index contributed by atoms with van der Waals surface area (Å²) >= 11 is 0. The van der Waals surface area contributed by atoms with Gasteiger partial charge >= 0.3 is 5.97 Å². The van der Waals surface area contributed by atoms with Gasteiger partial charge in [-0.05, 0) is 38.0 Å². The van der Waals surface area contributed by atoms with Crippen molar-refractivity contribution in [1.82, 2.24) is 0 Å². The molecule has 1 rings (SSSR count). The Morgan fingerprint density at radius 3 is 2.68 bits per heavy atom. The number of carboxylic acid groups (broad SMARTS) is 1. The second kappa shape index (κ2) is 6.57. The minimum atomic E-state index is -1.20. The van der Waals surface area contributed by atoms with E-state index in [4.69, 9.17) is 10.5 Å². The van der Waals surface area contributed by atoms with E-state index in [1.165, 1.54) is 0 Å². The molecule has 1 aromatic carbocycles. The maximum absolute atomic E-state index is 11.3. The molecule has 1 aromatic rings. The monoisotopic (exact) mass is 265 g/mol. The van der Waals surface area contributed by atoms with Crippen LogP contribution < -0.4 is 10.5 Å². The molecular weight excluding hydrogens is 242 g/mol. The summed E-state index contributed by atoms with van der Waals surface area (Å²) in [5, 5.41) is 9.28. The number of hydrogen-bond donors (Lipinski definition) is 2. The molecule has 0 amide bonds. The highest BCUT2D eigenvalue weighted by Gasteiger charge is 2.33. The van der Waals surface area contributed by atoms with Crippen LogP contribution in [0.1, 0.15) is 39.2 Å². The summed E-state index contributed by atoms with van der Waals surface area (Å²) in [6.45, 7) is 5.84. The van der Waals surface area contributed by atoms with Crippen molar-refractivity contribution in [1.29, 1.82) is 0 Å². The number of hydrogen-bond acceptors (Lipinski definition) is 3. The molecule has 0 saturated carbocycles. The second-order valence-electron chi connectivity index (χ2n) is 5.20. The molecule has 0 saturated heterocycles. The van der Waals surface area contributed by atoms with Crippen molar-refractivity contribution in [2.45, 2.75) is 51.7 Å².